The Kier molecular flexibility index (Phi) is 4.29. The second kappa shape index (κ2) is 7.39. The van der Waals surface area contributed by atoms with Crippen LogP contribution in [-0.2, 0) is 7.05 Å². The maximum atomic E-state index is 8.50. The lowest BCUT2D eigenvalue weighted by Crippen LogP contribution is -2.31. The molecular weight excluding hydrogens is 416 g/mol. The van der Waals surface area contributed by atoms with Crippen LogP contribution in [-0.4, -0.2) is 4.98 Å². The lowest BCUT2D eigenvalue weighted by Gasteiger charge is -2.12. The van der Waals surface area contributed by atoms with Crippen molar-refractivity contribution in [2.45, 2.75) is 40.5 Å². The average Bonchev–Trinajstić information content (AvgIpc) is 3.17. The SMILES string of the molecule is [2H]C(C)(C)c1ccc2c(-c3c(C)c(C)cc4c3oc3nc(C)c5ccccc5c34)[n+](C)ccc2c1. The largest absolute Gasteiger partial charge is 0.437 e. The maximum absolute atomic E-state index is 8.50. The minimum atomic E-state index is -0.651. The summed E-state index contributed by atoms with van der Waals surface area (Å²) in [5, 5.41) is 6.78. The number of hydrogen-bond acceptors (Lipinski definition) is 2. The van der Waals surface area contributed by atoms with E-state index in [1.54, 1.807) is 0 Å². The van der Waals surface area contributed by atoms with Crippen molar-refractivity contribution in [3.8, 4) is 11.3 Å². The van der Waals surface area contributed by atoms with E-state index in [1.807, 2.05) is 20.8 Å². The lowest BCUT2D eigenvalue weighted by molar-refractivity contribution is -0.659. The molecule has 0 saturated heterocycles. The van der Waals surface area contributed by atoms with Gasteiger partial charge in [0.15, 0.2) is 11.8 Å². The molecule has 0 saturated carbocycles. The second-order valence-corrected chi connectivity index (χ2v) is 9.67. The number of aryl methyl sites for hydroxylation is 3. The molecule has 0 fully saturated rings. The van der Waals surface area contributed by atoms with Crippen molar-refractivity contribution in [3.05, 3.63) is 83.2 Å². The van der Waals surface area contributed by atoms with Crippen LogP contribution in [0, 0.1) is 20.8 Å². The molecule has 0 spiro atoms. The summed E-state index contributed by atoms with van der Waals surface area (Å²) in [7, 11) is 2.09. The van der Waals surface area contributed by atoms with Crippen LogP contribution in [0.2, 0.25) is 0 Å². The Hall–Kier alpha value is -3.72. The van der Waals surface area contributed by atoms with Crippen molar-refractivity contribution in [1.82, 2.24) is 4.98 Å². The van der Waals surface area contributed by atoms with E-state index in [0.717, 1.165) is 55.0 Å². The summed E-state index contributed by atoms with van der Waals surface area (Å²) < 4.78 is 17.3. The first-order valence-electron chi connectivity index (χ1n) is 12.3. The number of nitrogens with zero attached hydrogens (tertiary/aromatic N) is 2. The van der Waals surface area contributed by atoms with Crippen LogP contribution in [0.5, 0.6) is 0 Å². The van der Waals surface area contributed by atoms with Gasteiger partial charge < -0.3 is 4.42 Å². The van der Waals surface area contributed by atoms with E-state index >= 15 is 0 Å². The molecule has 6 rings (SSSR count). The van der Waals surface area contributed by atoms with Crippen LogP contribution in [0.15, 0.2) is 65.2 Å². The van der Waals surface area contributed by atoms with Gasteiger partial charge in [0.05, 0.1) is 16.3 Å². The Morgan fingerprint density at radius 3 is 2.44 bits per heavy atom. The zero-order valence-corrected chi connectivity index (χ0v) is 20.6. The summed E-state index contributed by atoms with van der Waals surface area (Å²) in [5.41, 5.74) is 8.18. The summed E-state index contributed by atoms with van der Waals surface area (Å²) in [6.45, 7) is 10.3. The van der Waals surface area contributed by atoms with Crippen LogP contribution in [0.25, 0.3) is 54.9 Å². The first-order valence-corrected chi connectivity index (χ1v) is 11.8. The van der Waals surface area contributed by atoms with E-state index in [9.17, 15) is 0 Å². The molecule has 168 valence electrons. The third-order valence-electron chi connectivity index (χ3n) is 7.29. The van der Waals surface area contributed by atoms with Crippen LogP contribution >= 0.6 is 0 Å². The number of fused-ring (bicyclic) bond motifs is 6. The molecule has 0 bridgehead atoms. The highest BCUT2D eigenvalue weighted by Gasteiger charge is 2.26. The molecule has 34 heavy (non-hydrogen) atoms. The molecule has 3 heterocycles. The number of furan rings is 1. The van der Waals surface area contributed by atoms with Gasteiger partial charge in [-0.2, -0.15) is 0 Å². The molecule has 0 atom stereocenters. The molecular formula is C31H29N2O+. The highest BCUT2D eigenvalue weighted by atomic mass is 16.3. The molecule has 0 aliphatic carbocycles. The quantitative estimate of drug-likeness (QED) is 0.254. The van der Waals surface area contributed by atoms with Crippen molar-refractivity contribution in [2.75, 3.05) is 0 Å². The third-order valence-corrected chi connectivity index (χ3v) is 7.29. The van der Waals surface area contributed by atoms with Crippen molar-refractivity contribution < 1.29 is 10.4 Å². The van der Waals surface area contributed by atoms with Gasteiger partial charge >= 0.3 is 0 Å². The standard InChI is InChI=1S/C31H29N2O/c1-17(2)21-11-12-24-22(16-21)13-14-33(6)29(24)27-19(4)18(3)15-26-28-25-10-8-7-9-23(25)20(5)32-31(28)34-30(26)27/h7-17H,1-6H3/q+1/i17D. The Morgan fingerprint density at radius 2 is 1.68 bits per heavy atom. The zero-order valence-electron chi connectivity index (χ0n) is 21.6. The number of benzene rings is 3. The molecule has 3 aromatic carbocycles. The molecule has 0 aliphatic rings. The Balaban J connectivity index is 1.78. The van der Waals surface area contributed by atoms with Gasteiger partial charge in [0.1, 0.15) is 7.05 Å². The van der Waals surface area contributed by atoms with Crippen molar-refractivity contribution in [3.63, 3.8) is 0 Å². The molecule has 0 radical (unpaired) electrons. The van der Waals surface area contributed by atoms with Crippen LogP contribution in [0.1, 0.15) is 43.5 Å². The molecule has 3 heteroatoms. The van der Waals surface area contributed by atoms with Gasteiger partial charge in [-0.1, -0.05) is 50.2 Å². The van der Waals surface area contributed by atoms with Crippen LogP contribution in [0.4, 0.5) is 0 Å². The summed E-state index contributed by atoms with van der Waals surface area (Å²) in [5.74, 6) is -0.651. The fraction of sp³-hybridized carbons (Fsp3) is 0.226. The van der Waals surface area contributed by atoms with Gasteiger partial charge in [0, 0.05) is 23.9 Å². The number of aromatic nitrogens is 2. The summed E-state index contributed by atoms with van der Waals surface area (Å²) in [6, 6.07) is 19.2. The third kappa shape index (κ3) is 2.89. The van der Waals surface area contributed by atoms with Crippen LogP contribution in [0.3, 0.4) is 0 Å². The van der Waals surface area contributed by atoms with E-state index in [0.29, 0.717) is 5.71 Å². The number of hydrogen-bond donors (Lipinski definition) is 0. The van der Waals surface area contributed by atoms with E-state index in [2.05, 4.69) is 86.3 Å². The Labute approximate surface area is 201 Å². The molecule has 6 aromatic rings. The molecule has 0 aliphatic heterocycles. The normalized spacial score (nSPS) is 12.8. The van der Waals surface area contributed by atoms with Crippen molar-refractivity contribution in [1.29, 1.82) is 0 Å². The van der Waals surface area contributed by atoms with E-state index in [4.69, 9.17) is 10.8 Å². The topological polar surface area (TPSA) is 29.9 Å². The highest BCUT2D eigenvalue weighted by molar-refractivity contribution is 6.21. The summed E-state index contributed by atoms with van der Waals surface area (Å²) >= 11 is 0. The first kappa shape index (κ1) is 19.7. The minimum Gasteiger partial charge on any atom is -0.437 e. The van der Waals surface area contributed by atoms with Gasteiger partial charge in [-0.25, -0.2) is 9.55 Å². The molecule has 0 amide bonds. The van der Waals surface area contributed by atoms with Gasteiger partial charge in [0.25, 0.3) is 0 Å². The summed E-state index contributed by atoms with van der Waals surface area (Å²) in [4.78, 5) is 4.86. The van der Waals surface area contributed by atoms with Crippen LogP contribution < -0.4 is 4.57 Å². The fourth-order valence-electron chi connectivity index (χ4n) is 5.30. The smallest absolute Gasteiger partial charge is 0.228 e. The zero-order chi connectivity index (χ0) is 24.6. The Bertz CT molecular complexity index is 1820. The summed E-state index contributed by atoms with van der Waals surface area (Å²) in [6.07, 6.45) is 2.10. The number of rotatable bonds is 2. The molecule has 0 unspecified atom stereocenters. The molecule has 3 nitrogen and oxygen atoms in total. The molecule has 0 N–H and O–H groups in total. The average molecular weight is 447 g/mol. The van der Waals surface area contributed by atoms with E-state index in [1.165, 1.54) is 16.5 Å². The fourth-order valence-corrected chi connectivity index (χ4v) is 5.30. The van der Waals surface area contributed by atoms with Gasteiger partial charge in [-0.15, -0.1) is 0 Å². The predicted molar refractivity (Wildman–Crippen MR) is 141 cm³/mol. The minimum absolute atomic E-state index is 0.651. The first-order chi connectivity index (χ1) is 16.6. The van der Waals surface area contributed by atoms with Gasteiger partial charge in [0.2, 0.25) is 11.4 Å². The second-order valence-electron chi connectivity index (χ2n) is 9.67. The number of pyridine rings is 2. The van der Waals surface area contributed by atoms with E-state index < -0.39 is 5.89 Å². The van der Waals surface area contributed by atoms with E-state index in [-0.39, 0.29) is 0 Å². The molecule has 3 aromatic heterocycles. The lowest BCUT2D eigenvalue weighted by atomic mass is 9.92. The van der Waals surface area contributed by atoms with Gasteiger partial charge in [-0.05, 0) is 66.3 Å². The predicted octanol–water partition coefficient (Wildman–Crippen LogP) is 7.83. The van der Waals surface area contributed by atoms with Crippen molar-refractivity contribution >= 4 is 43.6 Å². The monoisotopic (exact) mass is 446 g/mol. The van der Waals surface area contributed by atoms with Crippen molar-refractivity contribution in [2.24, 2.45) is 7.05 Å². The van der Waals surface area contributed by atoms with Gasteiger partial charge in [-0.3, -0.25) is 0 Å². The Morgan fingerprint density at radius 1 is 0.912 bits per heavy atom. The highest BCUT2D eigenvalue weighted by Crippen LogP contribution is 2.42. The maximum Gasteiger partial charge on any atom is 0.228 e.